The van der Waals surface area contributed by atoms with Gasteiger partial charge in [0.25, 0.3) is 0 Å². The van der Waals surface area contributed by atoms with E-state index >= 15 is 0 Å². The SMILES string of the molecule is Fc1ccc(C=Nn2cnnc2)cc1Br. The van der Waals surface area contributed by atoms with Crippen LogP contribution in [0.5, 0.6) is 0 Å². The van der Waals surface area contributed by atoms with Crippen molar-refractivity contribution in [2.24, 2.45) is 5.10 Å². The third-order valence-corrected chi connectivity index (χ3v) is 2.30. The van der Waals surface area contributed by atoms with Gasteiger partial charge in [-0.3, -0.25) is 0 Å². The molecule has 2 rings (SSSR count). The van der Waals surface area contributed by atoms with Crippen LogP contribution in [0.2, 0.25) is 0 Å². The van der Waals surface area contributed by atoms with Gasteiger partial charge in [-0.1, -0.05) is 6.07 Å². The molecule has 0 bridgehead atoms. The monoisotopic (exact) mass is 268 g/mol. The summed E-state index contributed by atoms with van der Waals surface area (Å²) in [5, 5.41) is 11.2. The Balaban J connectivity index is 2.21. The molecular weight excluding hydrogens is 263 g/mol. The quantitative estimate of drug-likeness (QED) is 0.783. The largest absolute Gasteiger partial charge is 0.208 e. The molecule has 76 valence electrons. The van der Waals surface area contributed by atoms with Crippen molar-refractivity contribution in [2.75, 3.05) is 0 Å². The summed E-state index contributed by atoms with van der Waals surface area (Å²) in [7, 11) is 0. The first-order chi connectivity index (χ1) is 7.25. The third kappa shape index (κ3) is 2.47. The van der Waals surface area contributed by atoms with Gasteiger partial charge in [0.2, 0.25) is 0 Å². The van der Waals surface area contributed by atoms with Crippen LogP contribution < -0.4 is 0 Å². The van der Waals surface area contributed by atoms with Crippen LogP contribution in [0.4, 0.5) is 4.39 Å². The lowest BCUT2D eigenvalue weighted by atomic mass is 10.2. The molecule has 1 aromatic heterocycles. The highest BCUT2D eigenvalue weighted by molar-refractivity contribution is 9.10. The third-order valence-electron chi connectivity index (χ3n) is 1.69. The fourth-order valence-corrected chi connectivity index (χ4v) is 1.38. The van der Waals surface area contributed by atoms with Crippen LogP contribution in [0.15, 0.2) is 40.4 Å². The number of benzene rings is 1. The number of aromatic nitrogens is 3. The van der Waals surface area contributed by atoms with Crippen molar-refractivity contribution in [3.05, 3.63) is 46.7 Å². The molecule has 0 fully saturated rings. The van der Waals surface area contributed by atoms with Crippen LogP contribution in [-0.2, 0) is 0 Å². The lowest BCUT2D eigenvalue weighted by Crippen LogP contribution is -1.88. The van der Waals surface area contributed by atoms with E-state index in [1.165, 1.54) is 23.4 Å². The molecule has 4 nitrogen and oxygen atoms in total. The van der Waals surface area contributed by atoms with E-state index in [9.17, 15) is 4.39 Å². The van der Waals surface area contributed by atoms with Gasteiger partial charge in [-0.25, -0.2) is 9.07 Å². The fourth-order valence-electron chi connectivity index (χ4n) is 0.981. The van der Waals surface area contributed by atoms with Crippen molar-refractivity contribution < 1.29 is 4.39 Å². The summed E-state index contributed by atoms with van der Waals surface area (Å²) in [5.74, 6) is -0.295. The molecule has 6 heteroatoms. The van der Waals surface area contributed by atoms with Crippen LogP contribution in [0, 0.1) is 5.82 Å². The van der Waals surface area contributed by atoms with Gasteiger partial charge in [-0.2, -0.15) is 5.10 Å². The van der Waals surface area contributed by atoms with E-state index in [1.54, 1.807) is 18.3 Å². The Morgan fingerprint density at radius 3 is 2.73 bits per heavy atom. The van der Waals surface area contributed by atoms with Crippen molar-refractivity contribution in [2.45, 2.75) is 0 Å². The normalized spacial score (nSPS) is 11.1. The maximum Gasteiger partial charge on any atom is 0.141 e. The van der Waals surface area contributed by atoms with Gasteiger partial charge in [0.05, 0.1) is 10.7 Å². The molecule has 0 aliphatic carbocycles. The van der Waals surface area contributed by atoms with Gasteiger partial charge in [0.1, 0.15) is 18.5 Å². The first-order valence-corrected chi connectivity index (χ1v) is 4.89. The van der Waals surface area contributed by atoms with Crippen molar-refractivity contribution in [1.82, 2.24) is 14.9 Å². The maximum atomic E-state index is 12.9. The summed E-state index contributed by atoms with van der Waals surface area (Å²) < 4.78 is 14.8. The predicted molar refractivity (Wildman–Crippen MR) is 57.1 cm³/mol. The molecule has 0 saturated carbocycles. The summed E-state index contributed by atoms with van der Waals surface area (Å²) >= 11 is 3.10. The second kappa shape index (κ2) is 4.31. The van der Waals surface area contributed by atoms with Crippen LogP contribution in [-0.4, -0.2) is 21.1 Å². The van der Waals surface area contributed by atoms with Crippen molar-refractivity contribution in [1.29, 1.82) is 0 Å². The second-order valence-electron chi connectivity index (χ2n) is 2.76. The summed E-state index contributed by atoms with van der Waals surface area (Å²) in [6.07, 6.45) is 4.53. The molecule has 0 unspecified atom stereocenters. The molecule has 0 saturated heterocycles. The van der Waals surface area contributed by atoms with Crippen molar-refractivity contribution in [3.63, 3.8) is 0 Å². The Kier molecular flexibility index (Phi) is 2.86. The number of rotatable bonds is 2. The summed E-state index contributed by atoms with van der Waals surface area (Å²) in [6.45, 7) is 0. The highest BCUT2D eigenvalue weighted by Gasteiger charge is 1.98. The highest BCUT2D eigenvalue weighted by atomic mass is 79.9. The van der Waals surface area contributed by atoms with Gasteiger partial charge >= 0.3 is 0 Å². The average Bonchev–Trinajstić information content (AvgIpc) is 2.73. The van der Waals surface area contributed by atoms with E-state index in [0.29, 0.717) is 4.47 Å². The Morgan fingerprint density at radius 1 is 1.33 bits per heavy atom. The Morgan fingerprint density at radius 2 is 2.07 bits per heavy atom. The van der Waals surface area contributed by atoms with Gasteiger partial charge < -0.3 is 0 Å². The van der Waals surface area contributed by atoms with E-state index in [4.69, 9.17) is 0 Å². The number of hydrogen-bond acceptors (Lipinski definition) is 3. The van der Waals surface area contributed by atoms with Crippen molar-refractivity contribution in [3.8, 4) is 0 Å². The molecule has 0 N–H and O–H groups in total. The molecule has 0 spiro atoms. The maximum absolute atomic E-state index is 12.9. The molecule has 0 radical (unpaired) electrons. The fraction of sp³-hybridized carbons (Fsp3) is 0. The topological polar surface area (TPSA) is 43.1 Å². The zero-order chi connectivity index (χ0) is 10.7. The predicted octanol–water partition coefficient (Wildman–Crippen LogP) is 2.06. The lowest BCUT2D eigenvalue weighted by Gasteiger charge is -1.96. The molecular formula is C9H6BrFN4. The second-order valence-corrected chi connectivity index (χ2v) is 3.61. The van der Waals surface area contributed by atoms with Gasteiger partial charge in [-0.05, 0) is 33.6 Å². The Labute approximate surface area is 93.6 Å². The van der Waals surface area contributed by atoms with E-state index in [-0.39, 0.29) is 5.82 Å². The molecule has 0 aliphatic rings. The van der Waals surface area contributed by atoms with E-state index in [1.807, 2.05) is 0 Å². The number of nitrogens with zero attached hydrogens (tertiary/aromatic N) is 4. The summed E-state index contributed by atoms with van der Waals surface area (Å²) in [5.41, 5.74) is 0.789. The molecule has 1 heterocycles. The minimum atomic E-state index is -0.295. The Hall–Kier alpha value is -1.56. The van der Waals surface area contributed by atoms with E-state index in [2.05, 4.69) is 31.2 Å². The first-order valence-electron chi connectivity index (χ1n) is 4.10. The molecule has 1 aromatic carbocycles. The minimum absolute atomic E-state index is 0.295. The average molecular weight is 269 g/mol. The number of hydrogen-bond donors (Lipinski definition) is 0. The van der Waals surface area contributed by atoms with Gasteiger partial charge in [-0.15, -0.1) is 10.2 Å². The first kappa shape index (κ1) is 9.97. The smallest absolute Gasteiger partial charge is 0.141 e. The zero-order valence-electron chi connectivity index (χ0n) is 7.51. The van der Waals surface area contributed by atoms with E-state index < -0.39 is 0 Å². The molecule has 15 heavy (non-hydrogen) atoms. The number of halogens is 2. The minimum Gasteiger partial charge on any atom is -0.208 e. The molecule has 0 atom stereocenters. The highest BCUT2D eigenvalue weighted by Crippen LogP contribution is 2.15. The van der Waals surface area contributed by atoms with Crippen LogP contribution >= 0.6 is 15.9 Å². The van der Waals surface area contributed by atoms with Crippen LogP contribution in [0.1, 0.15) is 5.56 Å². The summed E-state index contributed by atoms with van der Waals surface area (Å²) in [4.78, 5) is 0. The van der Waals surface area contributed by atoms with Crippen LogP contribution in [0.25, 0.3) is 0 Å². The molecule has 2 aromatic rings. The van der Waals surface area contributed by atoms with Gasteiger partial charge in [0.15, 0.2) is 0 Å². The molecule has 0 aliphatic heterocycles. The van der Waals surface area contributed by atoms with Crippen LogP contribution in [0.3, 0.4) is 0 Å². The van der Waals surface area contributed by atoms with Gasteiger partial charge in [0, 0.05) is 0 Å². The standard InChI is InChI=1S/C9H6BrFN4/c10-8-3-7(1-2-9(8)11)4-14-15-5-12-13-6-15/h1-6H. The zero-order valence-corrected chi connectivity index (χ0v) is 9.09. The van der Waals surface area contributed by atoms with Crippen molar-refractivity contribution >= 4 is 22.1 Å². The van der Waals surface area contributed by atoms with E-state index in [0.717, 1.165) is 5.56 Å². The molecule has 0 amide bonds. The summed E-state index contributed by atoms with van der Waals surface area (Å²) in [6, 6.07) is 4.65. The Bertz CT molecular complexity index is 481. The lowest BCUT2D eigenvalue weighted by molar-refractivity contribution is 0.621.